The predicted octanol–water partition coefficient (Wildman–Crippen LogP) is 4.28. The van der Waals surface area contributed by atoms with E-state index in [1.807, 2.05) is 0 Å². The minimum Gasteiger partial charge on any atom is -0.406 e. The van der Waals surface area contributed by atoms with Gasteiger partial charge in [-0.15, -0.1) is 13.2 Å². The second-order valence-electron chi connectivity index (χ2n) is 5.03. The lowest BCUT2D eigenvalue weighted by Gasteiger charge is -2.10. The van der Waals surface area contributed by atoms with E-state index in [4.69, 9.17) is 11.6 Å². The smallest absolute Gasteiger partial charge is 0.406 e. The molecule has 10 heteroatoms. The van der Waals surface area contributed by atoms with E-state index in [1.165, 1.54) is 30.6 Å². The van der Waals surface area contributed by atoms with Crippen LogP contribution in [-0.2, 0) is 0 Å². The van der Waals surface area contributed by atoms with Crippen LogP contribution in [0.2, 0.25) is 5.15 Å². The third kappa shape index (κ3) is 4.31. The summed E-state index contributed by atoms with van der Waals surface area (Å²) in [6, 6.07) is 6.27. The largest absolute Gasteiger partial charge is 0.573 e. The van der Waals surface area contributed by atoms with Crippen molar-refractivity contribution in [2.45, 2.75) is 6.36 Å². The van der Waals surface area contributed by atoms with Crippen LogP contribution in [0.25, 0.3) is 11.4 Å². The van der Waals surface area contributed by atoms with Crippen molar-refractivity contribution in [2.24, 2.45) is 0 Å². The number of nitrogens with zero attached hydrogens (tertiary/aromatic N) is 2. The van der Waals surface area contributed by atoms with E-state index in [2.05, 4.69) is 25.0 Å². The van der Waals surface area contributed by atoms with E-state index < -0.39 is 12.3 Å². The zero-order valence-electron chi connectivity index (χ0n) is 12.8. The fraction of sp³-hybridized carbons (Fsp3) is 0.0625. The summed E-state index contributed by atoms with van der Waals surface area (Å²) in [4.78, 5) is 23.2. The number of carbonyl (C=O) groups excluding carboxylic acids is 1. The number of carbonyl (C=O) groups is 1. The number of hydrogen-bond acceptors (Lipinski definition) is 4. The summed E-state index contributed by atoms with van der Waals surface area (Å²) >= 11 is 6.01. The van der Waals surface area contributed by atoms with Gasteiger partial charge < -0.3 is 15.0 Å². The van der Waals surface area contributed by atoms with Crippen LogP contribution in [0.1, 0.15) is 10.4 Å². The topological polar surface area (TPSA) is 79.9 Å². The molecule has 0 aliphatic rings. The maximum absolute atomic E-state index is 12.3. The summed E-state index contributed by atoms with van der Waals surface area (Å²) in [5.74, 6) is -0.443. The zero-order valence-corrected chi connectivity index (χ0v) is 13.6. The van der Waals surface area contributed by atoms with E-state index in [9.17, 15) is 18.0 Å². The maximum Gasteiger partial charge on any atom is 0.573 e. The molecular weight excluding hydrogens is 373 g/mol. The monoisotopic (exact) mass is 382 g/mol. The van der Waals surface area contributed by atoms with Gasteiger partial charge >= 0.3 is 6.36 Å². The number of halogens is 4. The summed E-state index contributed by atoms with van der Waals surface area (Å²) in [7, 11) is 0. The summed E-state index contributed by atoms with van der Waals surface area (Å²) in [5, 5.41) is 2.72. The third-order valence-corrected chi connectivity index (χ3v) is 3.50. The average Bonchev–Trinajstić information content (AvgIpc) is 3.10. The molecule has 0 aliphatic heterocycles. The number of benzene rings is 1. The fourth-order valence-electron chi connectivity index (χ4n) is 2.09. The van der Waals surface area contributed by atoms with Crippen molar-refractivity contribution in [3.8, 4) is 17.1 Å². The van der Waals surface area contributed by atoms with Crippen molar-refractivity contribution >= 4 is 23.2 Å². The number of H-pyrrole nitrogens is 1. The molecule has 0 spiro atoms. The maximum atomic E-state index is 12.3. The fourth-order valence-corrected chi connectivity index (χ4v) is 2.29. The highest BCUT2D eigenvalue weighted by Crippen LogP contribution is 2.26. The van der Waals surface area contributed by atoms with Gasteiger partial charge in [-0.25, -0.2) is 9.97 Å². The molecule has 2 aromatic heterocycles. The molecular formula is C16H10ClF3N4O2. The van der Waals surface area contributed by atoms with Gasteiger partial charge in [0.05, 0.1) is 11.1 Å². The average molecular weight is 383 g/mol. The van der Waals surface area contributed by atoms with Crippen LogP contribution in [0, 0.1) is 0 Å². The lowest BCUT2D eigenvalue weighted by Crippen LogP contribution is -2.17. The Morgan fingerprint density at radius 2 is 1.92 bits per heavy atom. The molecule has 3 aromatic rings. The van der Waals surface area contributed by atoms with Crippen LogP contribution in [0.4, 0.5) is 18.9 Å². The first-order valence-corrected chi connectivity index (χ1v) is 7.52. The number of alkyl halides is 3. The Kier molecular flexibility index (Phi) is 4.81. The Morgan fingerprint density at radius 1 is 1.19 bits per heavy atom. The molecule has 26 heavy (non-hydrogen) atoms. The molecule has 0 saturated heterocycles. The molecule has 6 nitrogen and oxygen atoms in total. The van der Waals surface area contributed by atoms with Gasteiger partial charge in [0.1, 0.15) is 16.7 Å². The molecule has 1 amide bonds. The molecule has 134 valence electrons. The second kappa shape index (κ2) is 7.04. The normalized spacial score (nSPS) is 11.2. The van der Waals surface area contributed by atoms with Crippen molar-refractivity contribution in [3.05, 3.63) is 59.6 Å². The van der Waals surface area contributed by atoms with Crippen LogP contribution < -0.4 is 10.1 Å². The number of ether oxygens (including phenoxy) is 1. The molecule has 0 bridgehead atoms. The van der Waals surface area contributed by atoms with Crippen molar-refractivity contribution in [2.75, 3.05) is 5.32 Å². The van der Waals surface area contributed by atoms with E-state index in [0.29, 0.717) is 17.1 Å². The lowest BCUT2D eigenvalue weighted by molar-refractivity contribution is -0.274. The standard InChI is InChI=1S/C16H10ClF3N4O2/c17-13-12(14-21-5-6-22-14)7-9(8-23-13)15(25)24-10-1-3-11(4-2-10)26-16(18,19)20/h1-8H,(H,21,22)(H,24,25). The minimum atomic E-state index is -4.78. The summed E-state index contributed by atoms with van der Waals surface area (Å²) in [5.41, 5.74) is 0.939. The Hall–Kier alpha value is -3.07. The van der Waals surface area contributed by atoms with Gasteiger partial charge in [-0.05, 0) is 30.3 Å². The van der Waals surface area contributed by atoms with Gasteiger partial charge in [-0.2, -0.15) is 0 Å². The van der Waals surface area contributed by atoms with Gasteiger partial charge in [0, 0.05) is 24.3 Å². The molecule has 0 aliphatic carbocycles. The van der Waals surface area contributed by atoms with Gasteiger partial charge in [0.25, 0.3) is 5.91 Å². The molecule has 1 aromatic carbocycles. The quantitative estimate of drug-likeness (QED) is 0.660. The van der Waals surface area contributed by atoms with Crippen molar-refractivity contribution < 1.29 is 22.7 Å². The van der Waals surface area contributed by atoms with Crippen LogP contribution in [-0.4, -0.2) is 27.2 Å². The zero-order chi connectivity index (χ0) is 18.7. The first kappa shape index (κ1) is 17.7. The van der Waals surface area contributed by atoms with Gasteiger partial charge in [0.15, 0.2) is 0 Å². The van der Waals surface area contributed by atoms with Crippen LogP contribution >= 0.6 is 11.6 Å². The number of rotatable bonds is 4. The molecule has 3 rings (SSSR count). The molecule has 0 fully saturated rings. The number of hydrogen-bond donors (Lipinski definition) is 2. The predicted molar refractivity (Wildman–Crippen MR) is 87.9 cm³/mol. The van der Waals surface area contributed by atoms with Crippen LogP contribution in [0.3, 0.4) is 0 Å². The summed E-state index contributed by atoms with van der Waals surface area (Å²) in [6.45, 7) is 0. The van der Waals surface area contributed by atoms with Crippen LogP contribution in [0.15, 0.2) is 48.9 Å². The van der Waals surface area contributed by atoms with E-state index in [-0.39, 0.29) is 16.5 Å². The molecule has 0 atom stereocenters. The highest BCUT2D eigenvalue weighted by Gasteiger charge is 2.31. The molecule has 2 heterocycles. The highest BCUT2D eigenvalue weighted by atomic mass is 35.5. The SMILES string of the molecule is O=C(Nc1ccc(OC(F)(F)F)cc1)c1cnc(Cl)c(-c2ncc[nH]2)c1. The number of nitrogens with one attached hydrogen (secondary N) is 2. The first-order valence-electron chi connectivity index (χ1n) is 7.14. The van der Waals surface area contributed by atoms with Crippen molar-refractivity contribution in [3.63, 3.8) is 0 Å². The second-order valence-corrected chi connectivity index (χ2v) is 5.38. The number of amides is 1. The van der Waals surface area contributed by atoms with E-state index in [1.54, 1.807) is 6.20 Å². The Morgan fingerprint density at radius 3 is 2.54 bits per heavy atom. The number of anilines is 1. The van der Waals surface area contributed by atoms with Gasteiger partial charge in [-0.3, -0.25) is 4.79 Å². The Labute approximate surface area is 150 Å². The molecule has 0 unspecified atom stereocenters. The van der Waals surface area contributed by atoms with Crippen molar-refractivity contribution in [1.82, 2.24) is 15.0 Å². The Bertz CT molecular complexity index is 912. The van der Waals surface area contributed by atoms with Gasteiger partial charge in [0.2, 0.25) is 0 Å². The Balaban J connectivity index is 1.75. The molecule has 2 N–H and O–H groups in total. The summed E-state index contributed by atoms with van der Waals surface area (Å²) < 4.78 is 40.2. The molecule has 0 radical (unpaired) electrons. The van der Waals surface area contributed by atoms with Crippen LogP contribution in [0.5, 0.6) is 5.75 Å². The van der Waals surface area contributed by atoms with Gasteiger partial charge in [-0.1, -0.05) is 11.6 Å². The highest BCUT2D eigenvalue weighted by molar-refractivity contribution is 6.32. The molecule has 0 saturated carbocycles. The first-order chi connectivity index (χ1) is 12.3. The third-order valence-electron chi connectivity index (χ3n) is 3.20. The number of pyridine rings is 1. The number of imidazole rings is 1. The van der Waals surface area contributed by atoms with E-state index >= 15 is 0 Å². The number of aromatic amines is 1. The minimum absolute atomic E-state index is 0.171. The van der Waals surface area contributed by atoms with E-state index in [0.717, 1.165) is 12.1 Å². The summed E-state index contributed by atoms with van der Waals surface area (Å²) in [6.07, 6.45) is -0.362. The number of aromatic nitrogens is 3. The lowest BCUT2D eigenvalue weighted by atomic mass is 10.2. The van der Waals surface area contributed by atoms with Crippen molar-refractivity contribution in [1.29, 1.82) is 0 Å².